The van der Waals surface area contributed by atoms with Gasteiger partial charge in [0.05, 0.1) is 12.1 Å². The summed E-state index contributed by atoms with van der Waals surface area (Å²) in [5, 5.41) is 4.12. The highest BCUT2D eigenvalue weighted by atomic mass is 35.5. The third-order valence-electron chi connectivity index (χ3n) is 3.27. The Hall–Kier alpha value is -1.51. The van der Waals surface area contributed by atoms with E-state index in [0.29, 0.717) is 0 Å². The Bertz CT molecular complexity index is 572. The quantitative estimate of drug-likeness (QED) is 0.861. The van der Waals surface area contributed by atoms with Gasteiger partial charge in [0.1, 0.15) is 5.75 Å². The van der Waals surface area contributed by atoms with Gasteiger partial charge < -0.3 is 10.1 Å². The number of hydrogen-bond acceptors (Lipinski definition) is 2. The summed E-state index contributed by atoms with van der Waals surface area (Å²) in [6.07, 6.45) is 0.187. The van der Waals surface area contributed by atoms with Crippen molar-refractivity contribution in [2.45, 2.75) is 32.9 Å². The summed E-state index contributed by atoms with van der Waals surface area (Å²) in [7, 11) is 1.96. The van der Waals surface area contributed by atoms with Crippen LogP contribution in [0.15, 0.2) is 42.5 Å². The van der Waals surface area contributed by atoms with E-state index in [1.54, 1.807) is 0 Å². The highest BCUT2D eigenvalue weighted by molar-refractivity contribution is 6.30. The maximum Gasteiger partial charge on any atom is 0.119 e. The van der Waals surface area contributed by atoms with Crippen LogP contribution in [0, 0.1) is 6.92 Å². The van der Waals surface area contributed by atoms with Crippen LogP contribution in [-0.2, 0) is 0 Å². The molecule has 3 heteroatoms. The summed E-state index contributed by atoms with van der Waals surface area (Å²) in [4.78, 5) is 0. The largest absolute Gasteiger partial charge is 0.491 e. The molecule has 2 aromatic carbocycles. The molecule has 0 saturated carbocycles. The third kappa shape index (κ3) is 4.23. The Balaban J connectivity index is 2.28. The fourth-order valence-electron chi connectivity index (χ4n) is 2.47. The van der Waals surface area contributed by atoms with Gasteiger partial charge in [0, 0.05) is 5.02 Å². The molecule has 1 atom stereocenters. The van der Waals surface area contributed by atoms with Crippen molar-refractivity contribution in [2.75, 3.05) is 7.05 Å². The number of aryl methyl sites for hydroxylation is 1. The second-order valence-electron chi connectivity index (χ2n) is 5.52. The zero-order valence-corrected chi connectivity index (χ0v) is 13.7. The van der Waals surface area contributed by atoms with Gasteiger partial charge in [-0.3, -0.25) is 0 Å². The molecule has 0 saturated heterocycles. The van der Waals surface area contributed by atoms with Crippen molar-refractivity contribution in [1.29, 1.82) is 0 Å². The van der Waals surface area contributed by atoms with Gasteiger partial charge in [-0.1, -0.05) is 29.8 Å². The molecule has 0 aromatic heterocycles. The van der Waals surface area contributed by atoms with Crippen LogP contribution in [0.25, 0.3) is 0 Å². The van der Waals surface area contributed by atoms with Gasteiger partial charge in [-0.2, -0.15) is 0 Å². The van der Waals surface area contributed by atoms with Crippen LogP contribution >= 0.6 is 11.6 Å². The van der Waals surface area contributed by atoms with Crippen LogP contribution in [-0.4, -0.2) is 13.2 Å². The van der Waals surface area contributed by atoms with E-state index in [2.05, 4.69) is 30.4 Å². The van der Waals surface area contributed by atoms with Crippen molar-refractivity contribution < 1.29 is 4.74 Å². The van der Waals surface area contributed by atoms with Crippen LogP contribution in [0.5, 0.6) is 5.75 Å². The van der Waals surface area contributed by atoms with E-state index in [4.69, 9.17) is 16.3 Å². The molecule has 112 valence electrons. The topological polar surface area (TPSA) is 21.3 Å². The van der Waals surface area contributed by atoms with Crippen molar-refractivity contribution >= 4 is 11.6 Å². The first kappa shape index (κ1) is 15.9. The van der Waals surface area contributed by atoms with Crippen molar-refractivity contribution in [3.63, 3.8) is 0 Å². The lowest BCUT2D eigenvalue weighted by atomic mass is 9.97. The van der Waals surface area contributed by atoms with Crippen LogP contribution < -0.4 is 10.1 Å². The van der Waals surface area contributed by atoms with E-state index in [1.165, 1.54) is 11.1 Å². The van der Waals surface area contributed by atoms with Gasteiger partial charge in [0.2, 0.25) is 0 Å². The minimum atomic E-state index is 0.121. The van der Waals surface area contributed by atoms with Crippen LogP contribution in [0.1, 0.15) is 36.6 Å². The van der Waals surface area contributed by atoms with Crippen LogP contribution in [0.4, 0.5) is 0 Å². The molecule has 0 aliphatic carbocycles. The van der Waals surface area contributed by atoms with Gasteiger partial charge in [0.25, 0.3) is 0 Å². The predicted molar refractivity (Wildman–Crippen MR) is 89.3 cm³/mol. The summed E-state index contributed by atoms with van der Waals surface area (Å²) < 4.78 is 5.68. The summed E-state index contributed by atoms with van der Waals surface area (Å²) in [6.45, 7) is 6.11. The molecule has 0 aliphatic rings. The number of ether oxygens (including phenoxy) is 1. The molecule has 0 amide bonds. The smallest absolute Gasteiger partial charge is 0.119 e. The molecule has 2 aromatic rings. The van der Waals surface area contributed by atoms with Gasteiger partial charge in [-0.15, -0.1) is 0 Å². The van der Waals surface area contributed by atoms with E-state index < -0.39 is 0 Å². The van der Waals surface area contributed by atoms with Crippen LogP contribution in [0.3, 0.4) is 0 Å². The molecule has 2 rings (SSSR count). The Kier molecular flexibility index (Phi) is 5.27. The number of halogens is 1. The lowest BCUT2D eigenvalue weighted by Gasteiger charge is -2.19. The van der Waals surface area contributed by atoms with Crippen LogP contribution in [0.2, 0.25) is 5.02 Å². The molecule has 0 radical (unpaired) electrons. The molecule has 0 spiro atoms. The summed E-state index contributed by atoms with van der Waals surface area (Å²) in [6, 6.07) is 14.5. The Morgan fingerprint density at radius 3 is 2.19 bits per heavy atom. The minimum absolute atomic E-state index is 0.121. The molecule has 1 N–H and O–H groups in total. The summed E-state index contributed by atoms with van der Waals surface area (Å²) in [5.41, 5.74) is 3.52. The fourth-order valence-corrected chi connectivity index (χ4v) is 2.77. The molecule has 2 nitrogen and oxygen atoms in total. The van der Waals surface area contributed by atoms with E-state index in [0.717, 1.165) is 16.3 Å². The maximum atomic E-state index is 6.17. The number of rotatable bonds is 5. The second-order valence-corrected chi connectivity index (χ2v) is 5.96. The molecule has 0 fully saturated rings. The Labute approximate surface area is 132 Å². The van der Waals surface area contributed by atoms with E-state index in [9.17, 15) is 0 Å². The van der Waals surface area contributed by atoms with Gasteiger partial charge in [-0.25, -0.2) is 0 Å². The van der Waals surface area contributed by atoms with E-state index in [1.807, 2.05) is 45.2 Å². The molecular weight excluding hydrogens is 282 g/mol. The Morgan fingerprint density at radius 1 is 1.00 bits per heavy atom. The molecule has 1 unspecified atom stereocenters. The highest BCUT2D eigenvalue weighted by Gasteiger charge is 2.13. The van der Waals surface area contributed by atoms with Gasteiger partial charge in [-0.05, 0) is 68.8 Å². The van der Waals surface area contributed by atoms with Crippen molar-refractivity contribution in [1.82, 2.24) is 5.32 Å². The van der Waals surface area contributed by atoms with E-state index in [-0.39, 0.29) is 12.1 Å². The first-order valence-electron chi connectivity index (χ1n) is 7.20. The second kappa shape index (κ2) is 6.97. The first-order chi connectivity index (χ1) is 9.99. The highest BCUT2D eigenvalue weighted by Crippen LogP contribution is 2.27. The normalized spacial score (nSPS) is 12.5. The number of benzene rings is 2. The van der Waals surface area contributed by atoms with Gasteiger partial charge in [0.15, 0.2) is 0 Å². The maximum absolute atomic E-state index is 6.17. The van der Waals surface area contributed by atoms with Gasteiger partial charge >= 0.3 is 0 Å². The lowest BCUT2D eigenvalue weighted by molar-refractivity contribution is 0.242. The fraction of sp³-hybridized carbons (Fsp3) is 0.333. The van der Waals surface area contributed by atoms with Crippen molar-refractivity contribution in [3.05, 3.63) is 64.2 Å². The lowest BCUT2D eigenvalue weighted by Crippen LogP contribution is -2.17. The molecule has 21 heavy (non-hydrogen) atoms. The average Bonchev–Trinajstić information content (AvgIpc) is 2.40. The minimum Gasteiger partial charge on any atom is -0.491 e. The Morgan fingerprint density at radius 2 is 1.67 bits per heavy atom. The average molecular weight is 304 g/mol. The summed E-state index contributed by atoms with van der Waals surface area (Å²) >= 11 is 6.17. The zero-order chi connectivity index (χ0) is 15.4. The van der Waals surface area contributed by atoms with Crippen molar-refractivity contribution in [2.24, 2.45) is 0 Å². The SMILES string of the molecule is CNC(c1ccc(OC(C)C)cc1)c1cc(C)cc(Cl)c1. The van der Waals surface area contributed by atoms with Crippen molar-refractivity contribution in [3.8, 4) is 5.75 Å². The zero-order valence-electron chi connectivity index (χ0n) is 13.0. The monoisotopic (exact) mass is 303 g/mol. The molecule has 0 heterocycles. The third-order valence-corrected chi connectivity index (χ3v) is 3.49. The molecule has 0 aliphatic heterocycles. The molecular formula is C18H22ClNO. The predicted octanol–water partition coefficient (Wildman–Crippen LogP) is 4.74. The number of hydrogen-bond donors (Lipinski definition) is 1. The van der Waals surface area contributed by atoms with E-state index >= 15 is 0 Å². The molecule has 0 bridgehead atoms. The summed E-state index contributed by atoms with van der Waals surface area (Å²) in [5.74, 6) is 0.894. The number of nitrogens with one attached hydrogen (secondary N) is 1. The first-order valence-corrected chi connectivity index (χ1v) is 7.58. The standard InChI is InChI=1S/C18H22ClNO/c1-12(2)21-17-7-5-14(6-8-17)18(20-4)15-9-13(3)10-16(19)11-15/h5-12,18,20H,1-4H3.